The molecular weight excluding hydrogens is 266 g/mol. The van der Waals surface area contributed by atoms with Gasteiger partial charge in [-0.1, -0.05) is 6.92 Å². The van der Waals surface area contributed by atoms with Crippen molar-refractivity contribution >= 4 is 34.4 Å². The Morgan fingerprint density at radius 3 is 2.42 bits per heavy atom. The number of anilines is 2. The van der Waals surface area contributed by atoms with Gasteiger partial charge in [0.25, 0.3) is 0 Å². The minimum Gasteiger partial charge on any atom is -0.371 e. The van der Waals surface area contributed by atoms with E-state index in [1.165, 1.54) is 0 Å². The molecule has 2 aromatic rings. The Kier molecular flexibility index (Phi) is 3.96. The number of hydrazine groups is 1. The molecule has 2 heterocycles. The number of halogens is 1. The highest BCUT2D eigenvalue weighted by Gasteiger charge is 2.15. The van der Waals surface area contributed by atoms with E-state index in [4.69, 9.17) is 11.6 Å². The first-order chi connectivity index (χ1) is 9.10. The average molecular weight is 282 g/mol. The molecule has 0 saturated carbocycles. The average Bonchev–Trinajstić information content (AvgIpc) is 2.44. The van der Waals surface area contributed by atoms with Gasteiger partial charge in [-0.3, -0.25) is 5.01 Å². The van der Waals surface area contributed by atoms with Crippen molar-refractivity contribution in [3.05, 3.63) is 11.0 Å². The van der Waals surface area contributed by atoms with Crippen LogP contribution in [-0.2, 0) is 6.42 Å². The zero-order valence-corrected chi connectivity index (χ0v) is 12.1. The normalized spacial score (nSPS) is 10.8. The Balaban J connectivity index is 2.77. The van der Waals surface area contributed by atoms with Crippen molar-refractivity contribution in [2.45, 2.75) is 13.3 Å². The van der Waals surface area contributed by atoms with Crippen LogP contribution in [0, 0.1) is 0 Å². The van der Waals surface area contributed by atoms with Crippen LogP contribution in [0.5, 0.6) is 0 Å². The number of fused-ring (bicyclic) bond motifs is 1. The van der Waals surface area contributed by atoms with Crippen LogP contribution in [-0.4, -0.2) is 41.1 Å². The van der Waals surface area contributed by atoms with Crippen LogP contribution in [0.2, 0.25) is 5.28 Å². The predicted octanol–water partition coefficient (Wildman–Crippen LogP) is 1.25. The first-order valence-electron chi connectivity index (χ1n) is 5.93. The van der Waals surface area contributed by atoms with Crippen molar-refractivity contribution in [3.63, 3.8) is 0 Å². The van der Waals surface area contributed by atoms with Crippen molar-refractivity contribution in [2.75, 3.05) is 31.5 Å². The summed E-state index contributed by atoms with van der Waals surface area (Å²) < 4.78 is 0. The lowest BCUT2D eigenvalue weighted by molar-refractivity contribution is 0.760. The fourth-order valence-corrected chi connectivity index (χ4v) is 1.89. The summed E-state index contributed by atoms with van der Waals surface area (Å²) in [6.45, 7) is 2.00. The fraction of sp³-hybridized carbons (Fsp3) is 0.455. The van der Waals surface area contributed by atoms with Gasteiger partial charge in [-0.15, -0.1) is 0 Å². The smallest absolute Gasteiger partial charge is 0.242 e. The second kappa shape index (κ2) is 5.50. The second-order valence-corrected chi connectivity index (χ2v) is 4.23. The summed E-state index contributed by atoms with van der Waals surface area (Å²) in [5.41, 5.74) is 5.11. The third kappa shape index (κ3) is 2.52. The maximum Gasteiger partial charge on any atom is 0.242 e. The van der Waals surface area contributed by atoms with Crippen LogP contribution in [0.3, 0.4) is 0 Å². The van der Waals surface area contributed by atoms with E-state index in [1.54, 1.807) is 19.1 Å². The quantitative estimate of drug-likeness (QED) is 0.645. The van der Waals surface area contributed by atoms with E-state index in [9.17, 15) is 0 Å². The summed E-state index contributed by atoms with van der Waals surface area (Å²) in [6, 6.07) is 0. The van der Waals surface area contributed by atoms with E-state index < -0.39 is 0 Å². The number of hydrogen-bond acceptors (Lipinski definition) is 7. The van der Waals surface area contributed by atoms with Crippen LogP contribution in [0.1, 0.15) is 12.6 Å². The molecule has 0 atom stereocenters. The van der Waals surface area contributed by atoms with E-state index in [1.807, 2.05) is 14.0 Å². The first kappa shape index (κ1) is 13.7. The van der Waals surface area contributed by atoms with Crippen LogP contribution < -0.4 is 15.8 Å². The number of aromatic nitrogens is 4. The number of rotatable bonds is 4. The molecule has 0 aliphatic rings. The summed E-state index contributed by atoms with van der Waals surface area (Å²) in [7, 11) is 5.42. The Morgan fingerprint density at radius 2 is 1.84 bits per heavy atom. The van der Waals surface area contributed by atoms with Gasteiger partial charge in [0, 0.05) is 21.1 Å². The summed E-state index contributed by atoms with van der Waals surface area (Å²) in [5.74, 6) is 1.17. The Morgan fingerprint density at radius 1 is 1.11 bits per heavy atom. The van der Waals surface area contributed by atoms with Gasteiger partial charge >= 0.3 is 0 Å². The van der Waals surface area contributed by atoms with Gasteiger partial charge < -0.3 is 5.32 Å². The van der Waals surface area contributed by atoms with Crippen LogP contribution in [0.4, 0.5) is 11.8 Å². The van der Waals surface area contributed by atoms with Crippen LogP contribution >= 0.6 is 11.6 Å². The highest BCUT2D eigenvalue weighted by Crippen LogP contribution is 2.24. The SMILES string of the molecule is CCc1nc(Cl)nc2c(NC)nc(N(C)NC)nc12. The fourth-order valence-electron chi connectivity index (χ4n) is 1.70. The molecule has 8 heteroatoms. The molecule has 2 aromatic heterocycles. The molecule has 102 valence electrons. The molecule has 2 rings (SSSR count). The highest BCUT2D eigenvalue weighted by molar-refractivity contribution is 6.28. The third-order valence-electron chi connectivity index (χ3n) is 2.78. The van der Waals surface area contributed by atoms with Gasteiger partial charge in [0.1, 0.15) is 11.0 Å². The molecule has 0 aliphatic heterocycles. The van der Waals surface area contributed by atoms with E-state index in [0.717, 1.165) is 12.1 Å². The first-order valence-corrected chi connectivity index (χ1v) is 6.31. The monoisotopic (exact) mass is 281 g/mol. The number of aryl methyl sites for hydroxylation is 1. The molecule has 0 fully saturated rings. The zero-order valence-electron chi connectivity index (χ0n) is 11.3. The highest BCUT2D eigenvalue weighted by atomic mass is 35.5. The summed E-state index contributed by atoms with van der Waals surface area (Å²) >= 11 is 5.93. The van der Waals surface area contributed by atoms with Crippen molar-refractivity contribution in [2.24, 2.45) is 0 Å². The van der Waals surface area contributed by atoms with Gasteiger partial charge in [-0.05, 0) is 18.0 Å². The van der Waals surface area contributed by atoms with Gasteiger partial charge in [-0.2, -0.15) is 4.98 Å². The number of hydrogen-bond donors (Lipinski definition) is 2. The third-order valence-corrected chi connectivity index (χ3v) is 2.95. The Bertz CT molecular complexity index is 601. The van der Waals surface area contributed by atoms with Gasteiger partial charge in [0.15, 0.2) is 5.82 Å². The van der Waals surface area contributed by atoms with Crippen molar-refractivity contribution in [1.29, 1.82) is 0 Å². The summed E-state index contributed by atoms with van der Waals surface area (Å²) in [5, 5.41) is 4.94. The zero-order chi connectivity index (χ0) is 14.0. The lowest BCUT2D eigenvalue weighted by atomic mass is 10.2. The summed E-state index contributed by atoms with van der Waals surface area (Å²) in [6.07, 6.45) is 0.724. The molecule has 0 aromatic carbocycles. The van der Waals surface area contributed by atoms with Gasteiger partial charge in [-0.25, -0.2) is 20.4 Å². The van der Waals surface area contributed by atoms with Crippen molar-refractivity contribution in [3.8, 4) is 0 Å². The summed E-state index contributed by atoms with van der Waals surface area (Å²) in [4.78, 5) is 17.3. The van der Waals surface area contributed by atoms with Gasteiger partial charge in [0.05, 0.1) is 5.69 Å². The maximum atomic E-state index is 5.93. The van der Waals surface area contributed by atoms with E-state index in [-0.39, 0.29) is 5.28 Å². The molecule has 0 spiro atoms. The number of nitrogens with zero attached hydrogens (tertiary/aromatic N) is 5. The molecule has 0 amide bonds. The van der Waals surface area contributed by atoms with Gasteiger partial charge in [0.2, 0.25) is 11.2 Å². The number of nitrogens with one attached hydrogen (secondary N) is 2. The topological polar surface area (TPSA) is 78.9 Å². The molecular formula is C11H16ClN7. The Hall–Kier alpha value is -1.73. The van der Waals surface area contributed by atoms with Crippen LogP contribution in [0.15, 0.2) is 0 Å². The van der Waals surface area contributed by atoms with Crippen molar-refractivity contribution in [1.82, 2.24) is 25.4 Å². The standard InChI is InChI=1S/C11H16ClN7/c1-5-6-7-8(16-10(12)15-6)9(13-2)18-11(17-7)19(4)14-3/h14H,5H2,1-4H3,(H,13,17,18). The van der Waals surface area contributed by atoms with Crippen LogP contribution in [0.25, 0.3) is 11.0 Å². The lowest BCUT2D eigenvalue weighted by Crippen LogP contribution is -2.32. The second-order valence-electron chi connectivity index (χ2n) is 3.89. The van der Waals surface area contributed by atoms with Crippen molar-refractivity contribution < 1.29 is 0 Å². The lowest BCUT2D eigenvalue weighted by Gasteiger charge is -2.17. The molecule has 0 bridgehead atoms. The Labute approximate surface area is 116 Å². The largest absolute Gasteiger partial charge is 0.371 e. The predicted molar refractivity (Wildman–Crippen MR) is 76.5 cm³/mol. The van der Waals surface area contributed by atoms with E-state index >= 15 is 0 Å². The minimum absolute atomic E-state index is 0.208. The maximum absolute atomic E-state index is 5.93. The molecule has 0 saturated heterocycles. The van der Waals surface area contributed by atoms with E-state index in [0.29, 0.717) is 22.8 Å². The molecule has 19 heavy (non-hydrogen) atoms. The van der Waals surface area contributed by atoms with E-state index in [2.05, 4.69) is 30.7 Å². The molecule has 0 radical (unpaired) electrons. The molecule has 7 nitrogen and oxygen atoms in total. The molecule has 0 unspecified atom stereocenters. The molecule has 2 N–H and O–H groups in total. The molecule has 0 aliphatic carbocycles. The minimum atomic E-state index is 0.208.